The lowest BCUT2D eigenvalue weighted by Crippen LogP contribution is -2.24. The summed E-state index contributed by atoms with van der Waals surface area (Å²) in [7, 11) is 1.59. The Bertz CT molecular complexity index is 1360. The Balaban J connectivity index is 1.73. The fourth-order valence-corrected chi connectivity index (χ4v) is 3.13. The molecule has 0 saturated carbocycles. The Hall–Kier alpha value is -4.46. The predicted octanol–water partition coefficient (Wildman–Crippen LogP) is 2.97. The van der Waals surface area contributed by atoms with Gasteiger partial charge in [0, 0.05) is 0 Å². The summed E-state index contributed by atoms with van der Waals surface area (Å²) in [6, 6.07) is 20.9. The van der Waals surface area contributed by atoms with E-state index >= 15 is 0 Å². The van der Waals surface area contributed by atoms with Crippen molar-refractivity contribution < 1.29 is 14.3 Å². The van der Waals surface area contributed by atoms with Gasteiger partial charge >= 0.3 is 0 Å². The number of fused-ring (bicyclic) bond motifs is 1. The monoisotopic (exact) mass is 428 g/mol. The van der Waals surface area contributed by atoms with Crippen LogP contribution in [0.2, 0.25) is 0 Å². The van der Waals surface area contributed by atoms with Crippen molar-refractivity contribution in [2.24, 2.45) is 10.8 Å². The average Bonchev–Trinajstić information content (AvgIpc) is 2.82. The molecule has 4 aromatic rings. The first kappa shape index (κ1) is 20.8. The first-order valence-electron chi connectivity index (χ1n) is 9.77. The molecule has 1 aromatic heterocycles. The molecule has 4 rings (SSSR count). The van der Waals surface area contributed by atoms with E-state index in [0.29, 0.717) is 22.4 Å². The van der Waals surface area contributed by atoms with Gasteiger partial charge in [-0.25, -0.2) is 4.98 Å². The second kappa shape index (κ2) is 9.13. The molecular formula is C24H20N4O4. The zero-order valence-electron chi connectivity index (χ0n) is 17.3. The van der Waals surface area contributed by atoms with Crippen molar-refractivity contribution in [3.05, 3.63) is 100 Å². The Morgan fingerprint density at radius 1 is 1.06 bits per heavy atom. The van der Waals surface area contributed by atoms with Gasteiger partial charge in [-0.1, -0.05) is 24.3 Å². The Labute approximate surface area is 183 Å². The lowest BCUT2D eigenvalue weighted by Gasteiger charge is -2.12. The van der Waals surface area contributed by atoms with Gasteiger partial charge in [0.25, 0.3) is 11.5 Å². The molecule has 1 heterocycles. The topological polar surface area (TPSA) is 109 Å². The maximum atomic E-state index is 13.1. The minimum absolute atomic E-state index is 0.0929. The molecule has 0 aliphatic carbocycles. The molecule has 32 heavy (non-hydrogen) atoms. The number of benzene rings is 3. The van der Waals surface area contributed by atoms with Gasteiger partial charge in [-0.3, -0.25) is 9.59 Å². The Morgan fingerprint density at radius 2 is 1.78 bits per heavy atom. The number of carbonyl (C=O) groups is 1. The molecule has 0 bridgehead atoms. The van der Waals surface area contributed by atoms with Gasteiger partial charge < -0.3 is 15.2 Å². The van der Waals surface area contributed by atoms with Crippen LogP contribution in [0.25, 0.3) is 10.9 Å². The third-order valence-electron chi connectivity index (χ3n) is 4.77. The van der Waals surface area contributed by atoms with Crippen LogP contribution in [0.15, 0.2) is 82.7 Å². The van der Waals surface area contributed by atoms with Crippen molar-refractivity contribution in [1.29, 1.82) is 0 Å². The Kier molecular flexibility index (Phi) is 5.94. The van der Waals surface area contributed by atoms with E-state index in [2.05, 4.69) is 10.1 Å². The van der Waals surface area contributed by atoms with Crippen LogP contribution in [0.1, 0.15) is 21.7 Å². The number of nitrogens with zero attached hydrogens (tertiary/aromatic N) is 3. The molecule has 0 spiro atoms. The van der Waals surface area contributed by atoms with E-state index in [9.17, 15) is 9.59 Å². The number of primary amides is 1. The number of carbonyl (C=O) groups excluding carboxylic acids is 1. The average molecular weight is 428 g/mol. The number of para-hydroxylation sites is 2. The Morgan fingerprint density at radius 3 is 2.53 bits per heavy atom. The molecule has 0 saturated heterocycles. The number of methoxy groups -OCH3 is 1. The maximum Gasteiger partial charge on any atom is 0.282 e. The highest BCUT2D eigenvalue weighted by Crippen LogP contribution is 2.19. The fraction of sp³-hybridized carbons (Fsp3) is 0.0833. The summed E-state index contributed by atoms with van der Waals surface area (Å²) >= 11 is 0. The van der Waals surface area contributed by atoms with Crippen molar-refractivity contribution in [2.75, 3.05) is 7.11 Å². The van der Waals surface area contributed by atoms with Gasteiger partial charge in [-0.05, 0) is 54.1 Å². The molecule has 8 nitrogen and oxygen atoms in total. The summed E-state index contributed by atoms with van der Waals surface area (Å²) in [5.74, 6) is 0.682. The number of aromatic nitrogens is 2. The number of rotatable bonds is 7. The van der Waals surface area contributed by atoms with E-state index < -0.39 is 5.91 Å². The predicted molar refractivity (Wildman–Crippen MR) is 121 cm³/mol. The molecule has 3 aromatic carbocycles. The van der Waals surface area contributed by atoms with E-state index in [1.54, 1.807) is 74.0 Å². The van der Waals surface area contributed by atoms with Crippen LogP contribution in [0, 0.1) is 0 Å². The van der Waals surface area contributed by atoms with Gasteiger partial charge in [-0.2, -0.15) is 9.78 Å². The van der Waals surface area contributed by atoms with Crippen LogP contribution in [0.4, 0.5) is 0 Å². The summed E-state index contributed by atoms with van der Waals surface area (Å²) in [6.45, 7) is -0.0929. The van der Waals surface area contributed by atoms with Crippen LogP contribution >= 0.6 is 0 Å². The highest BCUT2D eigenvalue weighted by atomic mass is 16.5. The van der Waals surface area contributed by atoms with E-state index in [1.165, 1.54) is 4.68 Å². The number of ether oxygens (including phenoxy) is 2. The van der Waals surface area contributed by atoms with Gasteiger partial charge in [0.1, 0.15) is 18.1 Å². The SMILES string of the molecule is COc1ccc(/C=N/n2c(COc3ccccc3C(N)=O)nc3ccccc3c2=O)cc1. The summed E-state index contributed by atoms with van der Waals surface area (Å²) in [5.41, 5.74) is 6.63. The summed E-state index contributed by atoms with van der Waals surface area (Å²) in [5, 5.41) is 4.79. The standard InChI is InChI=1S/C24H20N4O4/c1-31-17-12-10-16(11-13-17)14-26-28-22(27-20-8-4-2-6-18(20)24(28)30)15-32-21-9-5-3-7-19(21)23(25)29/h2-14H,15H2,1H3,(H2,25,29)/b26-14+. The smallest absolute Gasteiger partial charge is 0.282 e. The van der Waals surface area contributed by atoms with E-state index in [-0.39, 0.29) is 23.6 Å². The van der Waals surface area contributed by atoms with Gasteiger partial charge in [0.2, 0.25) is 0 Å². The lowest BCUT2D eigenvalue weighted by molar-refractivity contribution is 0.0995. The minimum Gasteiger partial charge on any atom is -0.497 e. The molecule has 2 N–H and O–H groups in total. The molecule has 160 valence electrons. The van der Waals surface area contributed by atoms with Crippen molar-refractivity contribution in [1.82, 2.24) is 9.66 Å². The third-order valence-corrected chi connectivity index (χ3v) is 4.77. The van der Waals surface area contributed by atoms with E-state index in [4.69, 9.17) is 15.2 Å². The second-order valence-corrected chi connectivity index (χ2v) is 6.83. The zero-order valence-corrected chi connectivity index (χ0v) is 17.3. The maximum absolute atomic E-state index is 13.1. The third kappa shape index (κ3) is 4.34. The molecular weight excluding hydrogens is 408 g/mol. The van der Waals surface area contributed by atoms with Crippen LogP contribution in [0.3, 0.4) is 0 Å². The fourth-order valence-electron chi connectivity index (χ4n) is 3.13. The number of hydrogen-bond donors (Lipinski definition) is 1. The molecule has 0 fully saturated rings. The first-order valence-corrected chi connectivity index (χ1v) is 9.77. The molecule has 8 heteroatoms. The zero-order chi connectivity index (χ0) is 22.5. The van der Waals surface area contributed by atoms with E-state index in [1.807, 2.05) is 12.1 Å². The van der Waals surface area contributed by atoms with E-state index in [0.717, 1.165) is 5.56 Å². The number of nitrogens with two attached hydrogens (primary N) is 1. The highest BCUT2D eigenvalue weighted by Gasteiger charge is 2.13. The summed E-state index contributed by atoms with van der Waals surface area (Å²) < 4.78 is 12.2. The van der Waals surface area contributed by atoms with Crippen molar-refractivity contribution in [3.8, 4) is 11.5 Å². The van der Waals surface area contributed by atoms with Gasteiger partial charge in [-0.15, -0.1) is 0 Å². The molecule has 0 aliphatic heterocycles. The first-order chi connectivity index (χ1) is 15.6. The highest BCUT2D eigenvalue weighted by molar-refractivity contribution is 5.95. The van der Waals surface area contributed by atoms with Crippen molar-refractivity contribution in [3.63, 3.8) is 0 Å². The molecule has 0 unspecified atom stereocenters. The second-order valence-electron chi connectivity index (χ2n) is 6.83. The normalized spacial score (nSPS) is 11.0. The number of amides is 1. The number of hydrogen-bond acceptors (Lipinski definition) is 6. The minimum atomic E-state index is -0.609. The molecule has 1 amide bonds. The van der Waals surface area contributed by atoms with Crippen LogP contribution < -0.4 is 20.8 Å². The van der Waals surface area contributed by atoms with Crippen LogP contribution in [-0.4, -0.2) is 28.9 Å². The van der Waals surface area contributed by atoms with Crippen molar-refractivity contribution in [2.45, 2.75) is 6.61 Å². The molecule has 0 atom stereocenters. The van der Waals surface area contributed by atoms with Gasteiger partial charge in [0.05, 0.1) is 29.8 Å². The lowest BCUT2D eigenvalue weighted by atomic mass is 10.2. The summed E-state index contributed by atoms with van der Waals surface area (Å²) in [6.07, 6.45) is 1.55. The van der Waals surface area contributed by atoms with Crippen molar-refractivity contribution >= 4 is 23.0 Å². The van der Waals surface area contributed by atoms with Crippen LogP contribution in [0.5, 0.6) is 11.5 Å². The van der Waals surface area contributed by atoms with Crippen LogP contribution in [-0.2, 0) is 6.61 Å². The quantitative estimate of drug-likeness (QED) is 0.455. The molecule has 0 aliphatic rings. The van der Waals surface area contributed by atoms with Gasteiger partial charge in [0.15, 0.2) is 5.82 Å². The molecule has 0 radical (unpaired) electrons. The summed E-state index contributed by atoms with van der Waals surface area (Å²) in [4.78, 5) is 29.3. The largest absolute Gasteiger partial charge is 0.497 e.